The first-order chi connectivity index (χ1) is 15.7. The Balaban J connectivity index is 2.10. The summed E-state index contributed by atoms with van der Waals surface area (Å²) in [5.41, 5.74) is 11.2. The van der Waals surface area contributed by atoms with Gasteiger partial charge >= 0.3 is 16.5 Å². The van der Waals surface area contributed by atoms with E-state index in [1.165, 1.54) is 4.90 Å². The Hall–Kier alpha value is -3.48. The van der Waals surface area contributed by atoms with Crippen LogP contribution in [0.2, 0.25) is 0 Å². The molecule has 0 saturated carbocycles. The monoisotopic (exact) mass is 480 g/mol. The lowest BCUT2D eigenvalue weighted by molar-refractivity contribution is -0.144. The minimum Gasteiger partial charge on any atom is -0.480 e. The van der Waals surface area contributed by atoms with Crippen molar-refractivity contribution in [1.29, 1.82) is 0 Å². The Morgan fingerprint density at radius 2 is 1.91 bits per heavy atom. The van der Waals surface area contributed by atoms with Gasteiger partial charge in [-0.1, -0.05) is 30.3 Å². The smallest absolute Gasteiger partial charge is 0.326 e. The van der Waals surface area contributed by atoms with Gasteiger partial charge in [-0.15, -0.1) is 0 Å². The van der Waals surface area contributed by atoms with Crippen molar-refractivity contribution in [2.75, 3.05) is 13.1 Å². The number of hydrogen-bond donors (Lipinski definition) is 4. The third-order valence-corrected chi connectivity index (χ3v) is 5.60. The van der Waals surface area contributed by atoms with E-state index in [1.54, 1.807) is 30.3 Å². The Bertz CT molecular complexity index is 1000. The van der Waals surface area contributed by atoms with Crippen molar-refractivity contribution >= 4 is 34.2 Å². The van der Waals surface area contributed by atoms with Crippen molar-refractivity contribution in [2.45, 2.75) is 50.2 Å². The molecule has 1 fully saturated rings. The molecule has 0 radical (unpaired) electrons. The molecule has 1 aliphatic rings. The Morgan fingerprint density at radius 1 is 1.21 bits per heavy atom. The zero-order valence-electron chi connectivity index (χ0n) is 18.0. The van der Waals surface area contributed by atoms with E-state index in [9.17, 15) is 27.9 Å². The predicted molar refractivity (Wildman–Crippen MR) is 119 cm³/mol. The van der Waals surface area contributed by atoms with Gasteiger partial charge in [0.25, 0.3) is 0 Å². The van der Waals surface area contributed by atoms with Crippen LogP contribution < -0.4 is 16.8 Å². The summed E-state index contributed by atoms with van der Waals surface area (Å²) in [6.45, 7) is 0.455. The van der Waals surface area contributed by atoms with Crippen molar-refractivity contribution < 1.29 is 27.9 Å². The van der Waals surface area contributed by atoms with Gasteiger partial charge in [-0.2, -0.15) is 12.8 Å². The largest absolute Gasteiger partial charge is 0.480 e. The molecule has 1 aromatic rings. The molecular weight excluding hydrogens is 452 g/mol. The normalized spacial score (nSPS) is 17.0. The quantitative estimate of drug-likeness (QED) is 0.180. The van der Waals surface area contributed by atoms with E-state index < -0.39 is 46.4 Å². The summed E-state index contributed by atoms with van der Waals surface area (Å²) >= 11 is 0. The Morgan fingerprint density at radius 3 is 2.52 bits per heavy atom. The third kappa shape index (κ3) is 8.18. The number of carbonyl (C=O) groups is 3. The SMILES string of the molecule is NC(N)=NCCCC(NC(=O)[C@@H]1CCCN1C(=O)C(Cc1ccccc1)N=S(=O)=O)C(=O)O. The summed E-state index contributed by atoms with van der Waals surface area (Å²) in [7, 11) is -2.81. The second-order valence-electron chi connectivity index (χ2n) is 7.57. The lowest BCUT2D eigenvalue weighted by Gasteiger charge is -2.27. The number of carboxylic acid groups (broad SMARTS) is 1. The maximum atomic E-state index is 13.1. The van der Waals surface area contributed by atoms with E-state index in [1.807, 2.05) is 0 Å². The molecule has 1 aliphatic heterocycles. The number of guanidine groups is 1. The molecular formula is C20H28N6O6S. The van der Waals surface area contributed by atoms with Crippen LogP contribution in [0.4, 0.5) is 0 Å². The van der Waals surface area contributed by atoms with Gasteiger partial charge in [-0.05, 0) is 31.2 Å². The summed E-state index contributed by atoms with van der Waals surface area (Å²) in [5.74, 6) is -2.54. The first-order valence-corrected chi connectivity index (χ1v) is 11.5. The first kappa shape index (κ1) is 25.8. The van der Waals surface area contributed by atoms with Crippen LogP contribution in [0.1, 0.15) is 31.2 Å². The van der Waals surface area contributed by atoms with Crippen LogP contribution in [-0.2, 0) is 31.3 Å². The van der Waals surface area contributed by atoms with Gasteiger partial charge in [-0.25, -0.2) is 4.79 Å². The molecule has 180 valence electrons. The van der Waals surface area contributed by atoms with Gasteiger partial charge in [0.2, 0.25) is 11.8 Å². The number of nitrogens with two attached hydrogens (primary N) is 2. The van der Waals surface area contributed by atoms with Gasteiger partial charge in [0, 0.05) is 19.5 Å². The molecule has 2 rings (SSSR count). The minimum absolute atomic E-state index is 0.0566. The number of aliphatic carboxylic acids is 1. The number of likely N-dealkylation sites (tertiary alicyclic amines) is 1. The second kappa shape index (κ2) is 12.5. The number of carboxylic acids is 1. The lowest BCUT2D eigenvalue weighted by Crippen LogP contribution is -2.52. The van der Waals surface area contributed by atoms with Gasteiger partial charge in [0.05, 0.1) is 0 Å². The summed E-state index contributed by atoms with van der Waals surface area (Å²) < 4.78 is 26.0. The molecule has 0 aliphatic carbocycles. The number of rotatable bonds is 11. The number of benzene rings is 1. The molecule has 6 N–H and O–H groups in total. The van der Waals surface area contributed by atoms with Crippen LogP contribution >= 0.6 is 0 Å². The molecule has 2 unspecified atom stereocenters. The summed E-state index contributed by atoms with van der Waals surface area (Å²) in [4.78, 5) is 42.6. The number of carbonyl (C=O) groups excluding carboxylic acids is 2. The number of aliphatic imine (C=N–C) groups is 1. The van der Waals surface area contributed by atoms with Crippen LogP contribution in [0, 0.1) is 0 Å². The minimum atomic E-state index is -2.81. The van der Waals surface area contributed by atoms with Crippen LogP contribution in [0.15, 0.2) is 39.7 Å². The van der Waals surface area contributed by atoms with Gasteiger partial charge in [0.15, 0.2) is 5.96 Å². The molecule has 12 nitrogen and oxygen atoms in total. The van der Waals surface area contributed by atoms with Crippen molar-refractivity contribution in [3.63, 3.8) is 0 Å². The number of nitrogens with zero attached hydrogens (tertiary/aromatic N) is 3. The highest BCUT2D eigenvalue weighted by atomic mass is 32.2. The molecule has 0 aromatic heterocycles. The van der Waals surface area contributed by atoms with Crippen LogP contribution in [0.3, 0.4) is 0 Å². The van der Waals surface area contributed by atoms with Gasteiger partial charge in [-0.3, -0.25) is 14.6 Å². The topological polar surface area (TPSA) is 198 Å². The highest BCUT2D eigenvalue weighted by Crippen LogP contribution is 2.21. The molecule has 0 spiro atoms. The maximum absolute atomic E-state index is 13.1. The Labute approximate surface area is 192 Å². The number of nitrogens with one attached hydrogen (secondary N) is 1. The number of amides is 2. The van der Waals surface area contributed by atoms with E-state index in [-0.39, 0.29) is 31.9 Å². The highest BCUT2D eigenvalue weighted by molar-refractivity contribution is 7.61. The molecule has 0 bridgehead atoms. The van der Waals surface area contributed by atoms with E-state index in [0.717, 1.165) is 5.56 Å². The standard InChI is InChI=1S/C20H28N6O6S/c21-20(22)23-10-4-8-14(19(29)30)24-17(27)16-9-5-11-26(16)18(28)15(25-33(31)32)12-13-6-2-1-3-7-13/h1-3,6-7,14-16H,4-5,8-12H2,(H,24,27)(H,29,30)(H4,21,22,23)/t14?,15?,16-/m0/s1. The Kier molecular flexibility index (Phi) is 9.79. The van der Waals surface area contributed by atoms with Gasteiger partial charge < -0.3 is 26.8 Å². The molecule has 13 heteroatoms. The highest BCUT2D eigenvalue weighted by Gasteiger charge is 2.38. The fourth-order valence-electron chi connectivity index (χ4n) is 3.63. The lowest BCUT2D eigenvalue weighted by atomic mass is 10.0. The van der Waals surface area contributed by atoms with Crippen molar-refractivity contribution in [3.05, 3.63) is 35.9 Å². The van der Waals surface area contributed by atoms with Crippen LogP contribution in [0.25, 0.3) is 0 Å². The molecule has 2 amide bonds. The van der Waals surface area contributed by atoms with Crippen molar-refractivity contribution in [1.82, 2.24) is 10.2 Å². The van der Waals surface area contributed by atoms with Crippen molar-refractivity contribution in [2.24, 2.45) is 20.8 Å². The van der Waals surface area contributed by atoms with Gasteiger partial charge in [0.1, 0.15) is 18.1 Å². The van der Waals surface area contributed by atoms with E-state index >= 15 is 0 Å². The number of hydrogen-bond acceptors (Lipinski definition) is 7. The zero-order valence-corrected chi connectivity index (χ0v) is 18.8. The maximum Gasteiger partial charge on any atom is 0.326 e. The molecule has 1 aromatic carbocycles. The fraction of sp³-hybridized carbons (Fsp3) is 0.500. The molecule has 1 saturated heterocycles. The summed E-state index contributed by atoms with van der Waals surface area (Å²) in [6, 6.07) is 5.50. The van der Waals surface area contributed by atoms with Crippen LogP contribution in [0.5, 0.6) is 0 Å². The first-order valence-electron chi connectivity index (χ1n) is 10.4. The van der Waals surface area contributed by atoms with E-state index in [0.29, 0.717) is 19.3 Å². The average molecular weight is 481 g/mol. The summed E-state index contributed by atoms with van der Waals surface area (Å²) in [5, 5.41) is 11.9. The predicted octanol–water partition coefficient (Wildman–Crippen LogP) is -0.726. The molecule has 1 heterocycles. The summed E-state index contributed by atoms with van der Waals surface area (Å²) in [6.07, 6.45) is 1.33. The fourth-order valence-corrected chi connectivity index (χ4v) is 4.01. The second-order valence-corrected chi connectivity index (χ2v) is 8.21. The van der Waals surface area contributed by atoms with Crippen molar-refractivity contribution in [3.8, 4) is 0 Å². The zero-order chi connectivity index (χ0) is 24.4. The molecule has 3 atom stereocenters. The molecule has 33 heavy (non-hydrogen) atoms. The third-order valence-electron chi connectivity index (χ3n) is 5.17. The van der Waals surface area contributed by atoms with E-state index in [4.69, 9.17) is 11.5 Å². The van der Waals surface area contributed by atoms with E-state index in [2.05, 4.69) is 14.7 Å². The van der Waals surface area contributed by atoms with Crippen LogP contribution in [-0.4, -0.2) is 73.4 Å². The average Bonchev–Trinajstić information content (AvgIpc) is 3.25.